The van der Waals surface area contributed by atoms with Crippen molar-refractivity contribution in [2.24, 2.45) is 0 Å². The van der Waals surface area contributed by atoms with Crippen molar-refractivity contribution in [1.82, 2.24) is 5.32 Å². The molecule has 1 aromatic carbocycles. The molecule has 0 saturated carbocycles. The number of rotatable bonds is 7. The molecule has 0 saturated heterocycles. The number of unbranched alkanes of at least 4 members (excludes halogenated alkanes) is 2. The van der Waals surface area contributed by atoms with E-state index in [9.17, 15) is 0 Å². The van der Waals surface area contributed by atoms with E-state index in [0.29, 0.717) is 0 Å². The van der Waals surface area contributed by atoms with Crippen molar-refractivity contribution in [2.45, 2.75) is 40.0 Å². The average molecular weight is 222 g/mol. The molecule has 2 heteroatoms. The Hall–Kier alpha value is -1.02. The molecule has 2 N–H and O–H groups in total. The number of para-hydroxylation sites is 1. The molecular weight excluding hydrogens is 196 g/mol. The van der Waals surface area contributed by atoms with Crippen LogP contribution in [0.3, 0.4) is 0 Å². The first kappa shape index (κ1) is 15.0. The van der Waals surface area contributed by atoms with Crippen molar-refractivity contribution < 1.29 is 0 Å². The zero-order valence-electron chi connectivity index (χ0n) is 10.9. The minimum atomic E-state index is 0.855. The number of nitrogens with one attached hydrogen (secondary N) is 2. The lowest BCUT2D eigenvalue weighted by Gasteiger charge is -2.07. The molecule has 0 spiro atoms. The highest BCUT2D eigenvalue weighted by molar-refractivity contribution is 5.42. The Morgan fingerprint density at radius 1 is 1.00 bits per heavy atom. The lowest BCUT2D eigenvalue weighted by atomic mass is 10.2. The van der Waals surface area contributed by atoms with E-state index in [4.69, 9.17) is 0 Å². The largest absolute Gasteiger partial charge is 0.372 e. The van der Waals surface area contributed by atoms with Gasteiger partial charge in [0.25, 0.3) is 0 Å². The van der Waals surface area contributed by atoms with Gasteiger partial charge in [-0.25, -0.2) is 0 Å². The molecule has 0 amide bonds. The Morgan fingerprint density at radius 2 is 1.69 bits per heavy atom. The molecule has 0 bridgehead atoms. The summed E-state index contributed by atoms with van der Waals surface area (Å²) in [7, 11) is 0. The van der Waals surface area contributed by atoms with Gasteiger partial charge in [0.15, 0.2) is 0 Å². The maximum Gasteiger partial charge on any atom is 0.0653 e. The minimum Gasteiger partial charge on any atom is -0.372 e. The van der Waals surface area contributed by atoms with E-state index in [1.807, 2.05) is 32.0 Å². The summed E-state index contributed by atoms with van der Waals surface area (Å²) in [5.41, 5.74) is 1.18. The van der Waals surface area contributed by atoms with Crippen LogP contribution in [0.4, 0.5) is 5.69 Å². The average Bonchev–Trinajstić information content (AvgIpc) is 2.37. The minimum absolute atomic E-state index is 0.855. The zero-order chi connectivity index (χ0) is 12.1. The Labute approximate surface area is 100 Å². The van der Waals surface area contributed by atoms with Gasteiger partial charge in [0, 0.05) is 5.69 Å². The molecular formula is C14H26N2. The van der Waals surface area contributed by atoms with E-state index in [-0.39, 0.29) is 0 Å². The maximum absolute atomic E-state index is 3.36. The highest BCUT2D eigenvalue weighted by atomic mass is 15.1. The van der Waals surface area contributed by atoms with Crippen LogP contribution in [0.2, 0.25) is 0 Å². The predicted octanol–water partition coefficient (Wildman–Crippen LogP) is 3.86. The number of anilines is 1. The summed E-state index contributed by atoms with van der Waals surface area (Å²) < 4.78 is 0. The van der Waals surface area contributed by atoms with E-state index in [2.05, 4.69) is 29.7 Å². The van der Waals surface area contributed by atoms with E-state index in [1.54, 1.807) is 0 Å². The molecule has 16 heavy (non-hydrogen) atoms. The number of hydrogen-bond donors (Lipinski definition) is 2. The van der Waals surface area contributed by atoms with Gasteiger partial charge in [-0.2, -0.15) is 0 Å². The predicted molar refractivity (Wildman–Crippen MR) is 73.8 cm³/mol. The standard InChI is InChI=1S/C12H20N2.C2H6/c1-2-3-7-10-13-11-14-12-8-5-4-6-9-12;1-2/h4-6,8-9,13-14H,2-3,7,10-11H2,1H3;1-2H3. The van der Waals surface area contributed by atoms with Crippen molar-refractivity contribution in [3.8, 4) is 0 Å². The van der Waals surface area contributed by atoms with Crippen LogP contribution in [0.25, 0.3) is 0 Å². The first-order chi connectivity index (χ1) is 7.93. The SMILES string of the molecule is CC.CCCCCNCNc1ccccc1. The summed E-state index contributed by atoms with van der Waals surface area (Å²) in [6, 6.07) is 10.3. The van der Waals surface area contributed by atoms with Gasteiger partial charge in [-0.15, -0.1) is 0 Å². The molecule has 0 aliphatic heterocycles. The Kier molecular flexibility index (Phi) is 11.3. The van der Waals surface area contributed by atoms with Gasteiger partial charge in [-0.05, 0) is 25.1 Å². The molecule has 92 valence electrons. The quantitative estimate of drug-likeness (QED) is 0.540. The van der Waals surface area contributed by atoms with Crippen molar-refractivity contribution in [1.29, 1.82) is 0 Å². The lowest BCUT2D eigenvalue weighted by Crippen LogP contribution is -2.22. The van der Waals surface area contributed by atoms with Crippen molar-refractivity contribution in [3.05, 3.63) is 30.3 Å². The van der Waals surface area contributed by atoms with Crippen LogP contribution in [0, 0.1) is 0 Å². The number of hydrogen-bond acceptors (Lipinski definition) is 2. The van der Waals surface area contributed by atoms with Crippen molar-refractivity contribution in [3.63, 3.8) is 0 Å². The summed E-state index contributed by atoms with van der Waals surface area (Å²) in [5, 5.41) is 6.67. The van der Waals surface area contributed by atoms with Gasteiger partial charge >= 0.3 is 0 Å². The van der Waals surface area contributed by atoms with Gasteiger partial charge in [-0.1, -0.05) is 51.8 Å². The molecule has 0 heterocycles. The monoisotopic (exact) mass is 222 g/mol. The van der Waals surface area contributed by atoms with Crippen molar-refractivity contribution >= 4 is 5.69 Å². The molecule has 0 aromatic heterocycles. The Morgan fingerprint density at radius 3 is 2.31 bits per heavy atom. The molecule has 0 radical (unpaired) electrons. The second kappa shape index (κ2) is 12.1. The molecule has 1 aromatic rings. The van der Waals surface area contributed by atoms with Crippen LogP contribution in [0.5, 0.6) is 0 Å². The fourth-order valence-electron chi connectivity index (χ4n) is 1.31. The highest BCUT2D eigenvalue weighted by Gasteiger charge is 1.88. The third-order valence-electron chi connectivity index (χ3n) is 2.15. The third kappa shape index (κ3) is 8.30. The van der Waals surface area contributed by atoms with E-state index < -0.39 is 0 Å². The summed E-state index contributed by atoms with van der Waals surface area (Å²) in [4.78, 5) is 0. The molecule has 0 aliphatic carbocycles. The fraction of sp³-hybridized carbons (Fsp3) is 0.571. The first-order valence-corrected chi connectivity index (χ1v) is 6.43. The molecule has 2 nitrogen and oxygen atoms in total. The van der Waals surface area contributed by atoms with Crippen LogP contribution >= 0.6 is 0 Å². The van der Waals surface area contributed by atoms with E-state index in [0.717, 1.165) is 13.2 Å². The van der Waals surface area contributed by atoms with Crippen LogP contribution in [0.1, 0.15) is 40.0 Å². The van der Waals surface area contributed by atoms with E-state index in [1.165, 1.54) is 24.9 Å². The Bertz CT molecular complexity index is 221. The molecule has 0 unspecified atom stereocenters. The fourth-order valence-corrected chi connectivity index (χ4v) is 1.31. The second-order valence-corrected chi connectivity index (χ2v) is 3.43. The van der Waals surface area contributed by atoms with Crippen molar-refractivity contribution in [2.75, 3.05) is 18.5 Å². The normalized spacial score (nSPS) is 9.19. The topological polar surface area (TPSA) is 24.1 Å². The summed E-state index contributed by atoms with van der Waals surface area (Å²) in [5.74, 6) is 0. The summed E-state index contributed by atoms with van der Waals surface area (Å²) >= 11 is 0. The molecule has 0 fully saturated rings. The highest BCUT2D eigenvalue weighted by Crippen LogP contribution is 2.02. The van der Waals surface area contributed by atoms with Crippen LogP contribution in [-0.2, 0) is 0 Å². The summed E-state index contributed by atoms with van der Waals surface area (Å²) in [6.45, 7) is 8.18. The van der Waals surface area contributed by atoms with Gasteiger partial charge in [0.05, 0.1) is 6.67 Å². The first-order valence-electron chi connectivity index (χ1n) is 6.43. The Balaban J connectivity index is 0.00000106. The van der Waals surface area contributed by atoms with Crippen LogP contribution in [-0.4, -0.2) is 13.2 Å². The lowest BCUT2D eigenvalue weighted by molar-refractivity contribution is 0.637. The van der Waals surface area contributed by atoms with Gasteiger partial charge < -0.3 is 10.6 Å². The molecule has 0 aliphatic rings. The van der Waals surface area contributed by atoms with E-state index >= 15 is 0 Å². The maximum atomic E-state index is 3.36. The zero-order valence-corrected chi connectivity index (χ0v) is 10.9. The van der Waals surface area contributed by atoms with Crippen LogP contribution in [0.15, 0.2) is 30.3 Å². The smallest absolute Gasteiger partial charge is 0.0653 e. The van der Waals surface area contributed by atoms with Gasteiger partial charge in [0.1, 0.15) is 0 Å². The third-order valence-corrected chi connectivity index (χ3v) is 2.15. The second-order valence-electron chi connectivity index (χ2n) is 3.43. The molecule has 1 rings (SSSR count). The summed E-state index contributed by atoms with van der Waals surface area (Å²) in [6.07, 6.45) is 3.87. The van der Waals surface area contributed by atoms with Crippen LogP contribution < -0.4 is 10.6 Å². The number of benzene rings is 1. The van der Waals surface area contributed by atoms with Gasteiger partial charge in [0.2, 0.25) is 0 Å². The van der Waals surface area contributed by atoms with Gasteiger partial charge in [-0.3, -0.25) is 0 Å². The molecule has 0 atom stereocenters.